The van der Waals surface area contributed by atoms with Gasteiger partial charge in [-0.15, -0.1) is 0 Å². The number of rotatable bonds is 4. The number of nitrogens with zero attached hydrogens (tertiary/aromatic N) is 2. The number of aromatic nitrogens is 2. The number of anilines is 1. The minimum Gasteiger partial charge on any atom is -0.320 e. The maximum atomic E-state index is 12.7. The van der Waals surface area contributed by atoms with Crippen molar-refractivity contribution in [2.24, 2.45) is 0 Å². The van der Waals surface area contributed by atoms with E-state index in [1.165, 1.54) is 13.0 Å². The van der Waals surface area contributed by atoms with Crippen LogP contribution in [-0.4, -0.2) is 21.5 Å². The molecule has 0 bridgehead atoms. The van der Waals surface area contributed by atoms with Gasteiger partial charge >= 0.3 is 0 Å². The van der Waals surface area contributed by atoms with Crippen LogP contribution >= 0.6 is 11.6 Å². The van der Waals surface area contributed by atoms with E-state index < -0.39 is 11.3 Å². The molecule has 6 nitrogen and oxygen atoms in total. The lowest BCUT2D eigenvalue weighted by Crippen LogP contribution is -2.27. The third kappa shape index (κ3) is 3.36. The lowest BCUT2D eigenvalue weighted by molar-refractivity contribution is 0.100. The number of hydrogen-bond donors (Lipinski definition) is 1. The summed E-state index contributed by atoms with van der Waals surface area (Å²) < 4.78 is 1.58. The molecule has 1 N–H and O–H groups in total. The van der Waals surface area contributed by atoms with Crippen molar-refractivity contribution in [2.45, 2.75) is 20.4 Å². The van der Waals surface area contributed by atoms with Crippen LogP contribution in [0, 0.1) is 0 Å². The lowest BCUT2D eigenvalue weighted by Gasteiger charge is -2.11. The number of ketones is 1. The minimum atomic E-state index is -0.639. The Bertz CT molecular complexity index is 1090. The summed E-state index contributed by atoms with van der Waals surface area (Å²) in [6.45, 7) is 3.79. The zero-order valence-electron chi connectivity index (χ0n) is 14.2. The smallest absolute Gasteiger partial charge is 0.280 e. The number of carbonyl (C=O) groups excluding carboxylic acids is 2. The molecule has 2 aromatic carbocycles. The van der Waals surface area contributed by atoms with Gasteiger partial charge in [0.2, 0.25) is 5.43 Å². The summed E-state index contributed by atoms with van der Waals surface area (Å²) in [5.74, 6) is -0.757. The molecule has 1 aromatic heterocycles. The fraction of sp³-hybridized carbons (Fsp3) is 0.158. The van der Waals surface area contributed by atoms with Crippen LogP contribution < -0.4 is 10.7 Å². The van der Waals surface area contributed by atoms with Gasteiger partial charge in [0.15, 0.2) is 11.5 Å². The number of benzene rings is 2. The van der Waals surface area contributed by atoms with Gasteiger partial charge in [-0.1, -0.05) is 23.7 Å². The lowest BCUT2D eigenvalue weighted by atomic mass is 10.1. The monoisotopic (exact) mass is 369 g/mol. The Balaban J connectivity index is 2.06. The normalized spacial score (nSPS) is 10.7. The topological polar surface area (TPSA) is 81.1 Å². The van der Waals surface area contributed by atoms with Crippen molar-refractivity contribution in [3.05, 3.63) is 69.0 Å². The first-order valence-electron chi connectivity index (χ1n) is 8.03. The second-order valence-electron chi connectivity index (χ2n) is 5.75. The highest BCUT2D eigenvalue weighted by Gasteiger charge is 2.18. The maximum Gasteiger partial charge on any atom is 0.280 e. The summed E-state index contributed by atoms with van der Waals surface area (Å²) >= 11 is 5.99. The van der Waals surface area contributed by atoms with Crippen LogP contribution in [0.4, 0.5) is 5.69 Å². The van der Waals surface area contributed by atoms with Crippen LogP contribution in [0.25, 0.3) is 10.9 Å². The van der Waals surface area contributed by atoms with Crippen molar-refractivity contribution >= 4 is 39.9 Å². The first-order valence-corrected chi connectivity index (χ1v) is 8.41. The van der Waals surface area contributed by atoms with Crippen molar-refractivity contribution in [1.29, 1.82) is 0 Å². The molecule has 3 rings (SSSR count). The van der Waals surface area contributed by atoms with E-state index in [-0.39, 0.29) is 11.5 Å². The summed E-state index contributed by atoms with van der Waals surface area (Å²) in [6, 6.07) is 11.4. The van der Waals surface area contributed by atoms with Gasteiger partial charge in [0.05, 0.1) is 10.9 Å². The minimum absolute atomic E-state index is 0.118. The van der Waals surface area contributed by atoms with Gasteiger partial charge in [-0.05, 0) is 44.2 Å². The molecule has 132 valence electrons. The zero-order valence-corrected chi connectivity index (χ0v) is 15.0. The van der Waals surface area contributed by atoms with Crippen molar-refractivity contribution in [2.75, 3.05) is 5.32 Å². The quantitative estimate of drug-likeness (QED) is 0.713. The number of aryl methyl sites for hydroxylation is 1. The van der Waals surface area contributed by atoms with Crippen LogP contribution in [0.3, 0.4) is 0 Å². The first kappa shape index (κ1) is 17.8. The molecule has 26 heavy (non-hydrogen) atoms. The number of Topliss-reactive ketones (excluding diaryl/α,β-unsaturated/α-hetero) is 1. The second kappa shape index (κ2) is 7.09. The van der Waals surface area contributed by atoms with E-state index in [9.17, 15) is 14.4 Å². The Labute approximate surface area is 154 Å². The van der Waals surface area contributed by atoms with E-state index in [4.69, 9.17) is 11.6 Å². The van der Waals surface area contributed by atoms with Crippen molar-refractivity contribution in [3.8, 4) is 0 Å². The van der Waals surface area contributed by atoms with E-state index in [0.717, 1.165) is 0 Å². The summed E-state index contributed by atoms with van der Waals surface area (Å²) in [7, 11) is 0. The standard InChI is InChI=1S/C19H16ClN3O3/c1-3-23-16-8-7-13(20)10-15(16)18(25)17(22-23)19(26)21-14-6-4-5-12(9-14)11(2)24/h4-10H,3H2,1-2H3,(H,21,26). The molecule has 0 spiro atoms. The van der Waals surface area contributed by atoms with Crippen LogP contribution in [0.15, 0.2) is 47.3 Å². The molecular weight excluding hydrogens is 354 g/mol. The molecule has 0 atom stereocenters. The maximum absolute atomic E-state index is 12.7. The summed E-state index contributed by atoms with van der Waals surface area (Å²) in [5, 5.41) is 7.55. The number of amides is 1. The number of nitrogens with one attached hydrogen (secondary N) is 1. The molecule has 0 aliphatic heterocycles. The average molecular weight is 370 g/mol. The van der Waals surface area contributed by atoms with Crippen molar-refractivity contribution in [1.82, 2.24) is 9.78 Å². The van der Waals surface area contributed by atoms with Crippen molar-refractivity contribution in [3.63, 3.8) is 0 Å². The van der Waals surface area contributed by atoms with Crippen LogP contribution in [-0.2, 0) is 6.54 Å². The molecule has 0 saturated heterocycles. The highest BCUT2D eigenvalue weighted by Crippen LogP contribution is 2.17. The van der Waals surface area contributed by atoms with Gasteiger partial charge in [0, 0.05) is 22.8 Å². The predicted octanol–water partition coefficient (Wildman–Crippen LogP) is 3.52. The Kier molecular flexibility index (Phi) is 4.86. The zero-order chi connectivity index (χ0) is 18.8. The fourth-order valence-corrected chi connectivity index (χ4v) is 2.83. The van der Waals surface area contributed by atoms with Crippen LogP contribution in [0.1, 0.15) is 34.7 Å². The molecule has 1 amide bonds. The molecule has 7 heteroatoms. The van der Waals surface area contributed by atoms with Gasteiger partial charge in [-0.2, -0.15) is 5.10 Å². The number of hydrogen-bond acceptors (Lipinski definition) is 4. The van der Waals surface area contributed by atoms with Crippen molar-refractivity contribution < 1.29 is 9.59 Å². The Morgan fingerprint density at radius 3 is 2.65 bits per heavy atom. The molecule has 0 aliphatic carbocycles. The summed E-state index contributed by atoms with van der Waals surface area (Å²) in [6.07, 6.45) is 0. The highest BCUT2D eigenvalue weighted by molar-refractivity contribution is 6.31. The SMILES string of the molecule is CCn1nc(C(=O)Nc2cccc(C(C)=O)c2)c(=O)c2cc(Cl)ccc21. The Hall–Kier alpha value is -2.99. The summed E-state index contributed by atoms with van der Waals surface area (Å²) in [4.78, 5) is 36.8. The molecule has 3 aromatic rings. The molecule has 0 aliphatic rings. The van der Waals surface area contributed by atoms with Crippen LogP contribution in [0.5, 0.6) is 0 Å². The van der Waals surface area contributed by atoms with Gasteiger partial charge in [-0.25, -0.2) is 0 Å². The largest absolute Gasteiger partial charge is 0.320 e. The summed E-state index contributed by atoms with van der Waals surface area (Å²) in [5.41, 5.74) is 0.768. The third-order valence-electron chi connectivity index (χ3n) is 3.96. The molecule has 0 fully saturated rings. The molecule has 0 saturated carbocycles. The van der Waals surface area contributed by atoms with Gasteiger partial charge in [0.1, 0.15) is 0 Å². The van der Waals surface area contributed by atoms with E-state index in [0.29, 0.717) is 33.7 Å². The van der Waals surface area contributed by atoms with E-state index in [2.05, 4.69) is 10.4 Å². The third-order valence-corrected chi connectivity index (χ3v) is 4.19. The molecule has 1 heterocycles. The second-order valence-corrected chi connectivity index (χ2v) is 6.18. The van der Waals surface area contributed by atoms with E-state index >= 15 is 0 Å². The highest BCUT2D eigenvalue weighted by atomic mass is 35.5. The molecule has 0 unspecified atom stereocenters. The predicted molar refractivity (Wildman–Crippen MR) is 101 cm³/mol. The fourth-order valence-electron chi connectivity index (χ4n) is 2.66. The van der Waals surface area contributed by atoms with Gasteiger partial charge < -0.3 is 5.32 Å². The van der Waals surface area contributed by atoms with E-state index in [1.54, 1.807) is 41.1 Å². The number of halogens is 1. The van der Waals surface area contributed by atoms with E-state index in [1.807, 2.05) is 6.92 Å². The Morgan fingerprint density at radius 2 is 1.96 bits per heavy atom. The number of carbonyl (C=O) groups is 2. The Morgan fingerprint density at radius 1 is 1.19 bits per heavy atom. The van der Waals surface area contributed by atoms with Crippen LogP contribution in [0.2, 0.25) is 5.02 Å². The van der Waals surface area contributed by atoms with Gasteiger partial charge in [-0.3, -0.25) is 19.1 Å². The van der Waals surface area contributed by atoms with Gasteiger partial charge in [0.25, 0.3) is 5.91 Å². The molecular formula is C19H16ClN3O3. The average Bonchev–Trinajstić information content (AvgIpc) is 2.62. The first-order chi connectivity index (χ1) is 12.4. The molecule has 0 radical (unpaired) electrons. The number of fused-ring (bicyclic) bond motifs is 1.